The van der Waals surface area contributed by atoms with Gasteiger partial charge < -0.3 is 0 Å². The first-order valence-electron chi connectivity index (χ1n) is 20.4. The maximum absolute atomic E-state index is 5.24. The zero-order valence-electron chi connectivity index (χ0n) is 33.0. The van der Waals surface area contributed by atoms with Gasteiger partial charge in [-0.1, -0.05) is 224 Å². The normalized spacial score (nSPS) is 11.0. The van der Waals surface area contributed by atoms with Crippen LogP contribution in [0.15, 0.2) is 243 Å². The summed E-state index contributed by atoms with van der Waals surface area (Å²) >= 11 is 0. The highest BCUT2D eigenvalue weighted by molar-refractivity contribution is 6.07. The molecule has 0 unspecified atom stereocenters. The third-order valence-electron chi connectivity index (χ3n) is 11.1. The Morgan fingerprint density at radius 2 is 0.567 bits per heavy atom. The Morgan fingerprint density at radius 1 is 0.200 bits per heavy atom. The van der Waals surface area contributed by atoms with Gasteiger partial charge in [-0.25, -0.2) is 9.97 Å². The quantitative estimate of drug-likeness (QED) is 0.146. The Hall–Kier alpha value is -7.94. The molecule has 282 valence electrons. The second-order valence-electron chi connectivity index (χ2n) is 14.9. The van der Waals surface area contributed by atoms with Gasteiger partial charge in [0.2, 0.25) is 0 Å². The molecule has 1 aromatic heterocycles. The standard InChI is InChI=1S/C58H40N2/c1-7-22-41(23-8-1)51-39-52(56(44-28-13-4-14-29-44)57(45-30-15-5-16-31-45)55(51)43-26-11-3-12-27-43)48-35-21-34-47(38-48)49-36-19-20-37-50(49)54-40-53(42-24-9-2-10-25-42)59-58(60-54)46-32-17-6-18-33-46/h1-40H. The molecule has 0 N–H and O–H groups in total. The van der Waals surface area contributed by atoms with E-state index in [1.165, 1.54) is 38.9 Å². The summed E-state index contributed by atoms with van der Waals surface area (Å²) in [4.78, 5) is 10.3. The van der Waals surface area contributed by atoms with E-state index in [2.05, 4.69) is 218 Å². The summed E-state index contributed by atoms with van der Waals surface area (Å²) in [5, 5.41) is 0. The highest BCUT2D eigenvalue weighted by atomic mass is 14.9. The van der Waals surface area contributed by atoms with Gasteiger partial charge in [0, 0.05) is 16.7 Å². The molecule has 2 nitrogen and oxygen atoms in total. The topological polar surface area (TPSA) is 25.8 Å². The lowest BCUT2D eigenvalue weighted by Crippen LogP contribution is -1.98. The van der Waals surface area contributed by atoms with E-state index in [1.807, 2.05) is 24.3 Å². The molecule has 9 aromatic carbocycles. The molecule has 0 saturated heterocycles. The van der Waals surface area contributed by atoms with Crippen LogP contribution in [0.1, 0.15) is 0 Å². The maximum Gasteiger partial charge on any atom is 0.160 e. The van der Waals surface area contributed by atoms with E-state index in [0.29, 0.717) is 5.82 Å². The Labute approximate surface area is 351 Å². The number of aromatic nitrogens is 2. The van der Waals surface area contributed by atoms with Crippen LogP contribution in [-0.2, 0) is 0 Å². The number of nitrogens with zero attached hydrogens (tertiary/aromatic N) is 2. The molecule has 60 heavy (non-hydrogen) atoms. The van der Waals surface area contributed by atoms with Crippen molar-refractivity contribution in [2.45, 2.75) is 0 Å². The van der Waals surface area contributed by atoms with Crippen LogP contribution in [0, 0.1) is 0 Å². The van der Waals surface area contributed by atoms with E-state index in [-0.39, 0.29) is 0 Å². The second-order valence-corrected chi connectivity index (χ2v) is 14.9. The molecule has 0 aliphatic rings. The zero-order valence-corrected chi connectivity index (χ0v) is 33.0. The summed E-state index contributed by atoms with van der Waals surface area (Å²) in [5.41, 5.74) is 18.8. The van der Waals surface area contributed by atoms with Gasteiger partial charge in [-0.2, -0.15) is 0 Å². The van der Waals surface area contributed by atoms with Crippen LogP contribution in [0.25, 0.3) is 101 Å². The van der Waals surface area contributed by atoms with Gasteiger partial charge in [0.1, 0.15) is 0 Å². The van der Waals surface area contributed by atoms with E-state index in [4.69, 9.17) is 9.97 Å². The summed E-state index contributed by atoms with van der Waals surface area (Å²) in [6.45, 7) is 0. The molecule has 10 rings (SSSR count). The monoisotopic (exact) mass is 764 g/mol. The molecular weight excluding hydrogens is 725 g/mol. The van der Waals surface area contributed by atoms with E-state index < -0.39 is 0 Å². The Kier molecular flexibility index (Phi) is 10.0. The lowest BCUT2D eigenvalue weighted by atomic mass is 9.78. The van der Waals surface area contributed by atoms with Gasteiger partial charge in [-0.05, 0) is 85.0 Å². The SMILES string of the molecule is c1ccc(-c2cc(-c3ccccc3-c3cccc(-c4cc(-c5ccccc5)c(-c5ccccc5)c(-c5ccccc5)c4-c4ccccc4)c3)nc(-c3ccccc3)n2)cc1. The van der Waals surface area contributed by atoms with Gasteiger partial charge in [0.25, 0.3) is 0 Å². The molecule has 0 bridgehead atoms. The number of hydrogen-bond donors (Lipinski definition) is 0. The highest BCUT2D eigenvalue weighted by Gasteiger charge is 2.24. The van der Waals surface area contributed by atoms with E-state index in [9.17, 15) is 0 Å². The number of benzene rings is 9. The summed E-state index contributed by atoms with van der Waals surface area (Å²) < 4.78 is 0. The van der Waals surface area contributed by atoms with Crippen LogP contribution >= 0.6 is 0 Å². The molecular formula is C58H40N2. The molecule has 0 fully saturated rings. The fraction of sp³-hybridized carbons (Fsp3) is 0. The van der Waals surface area contributed by atoms with Crippen molar-refractivity contribution in [3.8, 4) is 101 Å². The highest BCUT2D eigenvalue weighted by Crippen LogP contribution is 2.50. The van der Waals surface area contributed by atoms with Crippen molar-refractivity contribution in [1.29, 1.82) is 0 Å². The van der Waals surface area contributed by atoms with Gasteiger partial charge in [0.05, 0.1) is 11.4 Å². The van der Waals surface area contributed by atoms with Crippen LogP contribution in [-0.4, -0.2) is 9.97 Å². The molecule has 0 spiro atoms. The average Bonchev–Trinajstić information content (AvgIpc) is 3.35. The van der Waals surface area contributed by atoms with Crippen molar-refractivity contribution in [3.63, 3.8) is 0 Å². The smallest absolute Gasteiger partial charge is 0.160 e. The molecule has 0 radical (unpaired) electrons. The summed E-state index contributed by atoms with van der Waals surface area (Å²) in [6, 6.07) is 86.2. The third-order valence-corrected chi connectivity index (χ3v) is 11.1. The molecule has 0 aliphatic carbocycles. The first kappa shape index (κ1) is 36.4. The van der Waals surface area contributed by atoms with Crippen molar-refractivity contribution in [2.24, 2.45) is 0 Å². The Bertz CT molecular complexity index is 2980. The van der Waals surface area contributed by atoms with Crippen molar-refractivity contribution in [2.75, 3.05) is 0 Å². The van der Waals surface area contributed by atoms with Crippen molar-refractivity contribution in [3.05, 3.63) is 243 Å². The van der Waals surface area contributed by atoms with Gasteiger partial charge in [0.15, 0.2) is 5.82 Å². The minimum absolute atomic E-state index is 0.698. The molecule has 10 aromatic rings. The molecule has 0 aliphatic heterocycles. The first-order chi connectivity index (χ1) is 29.8. The van der Waals surface area contributed by atoms with Crippen LogP contribution in [0.2, 0.25) is 0 Å². The van der Waals surface area contributed by atoms with Crippen molar-refractivity contribution in [1.82, 2.24) is 9.97 Å². The maximum atomic E-state index is 5.24. The van der Waals surface area contributed by atoms with E-state index >= 15 is 0 Å². The summed E-state index contributed by atoms with van der Waals surface area (Å²) in [6.07, 6.45) is 0. The first-order valence-corrected chi connectivity index (χ1v) is 20.4. The summed E-state index contributed by atoms with van der Waals surface area (Å²) in [5.74, 6) is 0.698. The molecule has 2 heteroatoms. The molecule has 0 atom stereocenters. The number of hydrogen-bond acceptors (Lipinski definition) is 2. The van der Waals surface area contributed by atoms with Gasteiger partial charge in [-0.3, -0.25) is 0 Å². The predicted molar refractivity (Wildman–Crippen MR) is 251 cm³/mol. The Balaban J connectivity index is 1.22. The van der Waals surface area contributed by atoms with Gasteiger partial charge in [-0.15, -0.1) is 0 Å². The summed E-state index contributed by atoms with van der Waals surface area (Å²) in [7, 11) is 0. The van der Waals surface area contributed by atoms with Gasteiger partial charge >= 0.3 is 0 Å². The molecule has 1 heterocycles. The van der Waals surface area contributed by atoms with Crippen molar-refractivity contribution >= 4 is 0 Å². The Morgan fingerprint density at radius 3 is 1.10 bits per heavy atom. The molecule has 0 saturated carbocycles. The lowest BCUT2D eigenvalue weighted by Gasteiger charge is -2.24. The average molecular weight is 765 g/mol. The van der Waals surface area contributed by atoms with Crippen LogP contribution in [0.4, 0.5) is 0 Å². The largest absolute Gasteiger partial charge is 0.228 e. The fourth-order valence-electron chi connectivity index (χ4n) is 8.33. The molecule has 0 amide bonds. The van der Waals surface area contributed by atoms with Crippen LogP contribution in [0.5, 0.6) is 0 Å². The minimum atomic E-state index is 0.698. The van der Waals surface area contributed by atoms with Crippen LogP contribution < -0.4 is 0 Å². The lowest BCUT2D eigenvalue weighted by molar-refractivity contribution is 1.18. The fourth-order valence-corrected chi connectivity index (χ4v) is 8.33. The number of rotatable bonds is 9. The minimum Gasteiger partial charge on any atom is -0.228 e. The zero-order chi connectivity index (χ0) is 40.1. The van der Waals surface area contributed by atoms with E-state index in [1.54, 1.807) is 0 Å². The third kappa shape index (κ3) is 7.23. The predicted octanol–water partition coefficient (Wildman–Crippen LogP) is 15.5. The van der Waals surface area contributed by atoms with Crippen LogP contribution in [0.3, 0.4) is 0 Å². The van der Waals surface area contributed by atoms with Crippen molar-refractivity contribution < 1.29 is 0 Å². The van der Waals surface area contributed by atoms with E-state index in [0.717, 1.165) is 55.9 Å². The second kappa shape index (κ2) is 16.5.